The molecule has 7 heteroatoms. The smallest absolute Gasteiger partial charge is 0.317 e. The number of benzene rings is 2. The van der Waals surface area contributed by atoms with Crippen LogP contribution < -0.4 is 11.0 Å². The molecule has 2 aromatic carbocycles. The van der Waals surface area contributed by atoms with Crippen LogP contribution >= 0.6 is 24.8 Å². The Morgan fingerprint density at radius 2 is 1.38 bits per heavy atom. The molecule has 2 aliphatic heterocycles. The summed E-state index contributed by atoms with van der Waals surface area (Å²) in [4.78, 5) is 16.7. The molecule has 214 valence electrons. The van der Waals surface area contributed by atoms with Crippen LogP contribution in [0.5, 0.6) is 0 Å². The molecule has 2 saturated heterocycles. The molecule has 0 bridgehead atoms. The first-order valence-electron chi connectivity index (χ1n) is 15.0. The van der Waals surface area contributed by atoms with Gasteiger partial charge in [-0.1, -0.05) is 68.1 Å². The molecule has 6 rings (SSSR count). The van der Waals surface area contributed by atoms with Gasteiger partial charge in [-0.25, -0.2) is 4.79 Å². The Morgan fingerprint density at radius 1 is 0.769 bits per heavy atom. The summed E-state index contributed by atoms with van der Waals surface area (Å²) in [7, 11) is 0. The number of nitrogens with one attached hydrogen (secondary N) is 1. The molecule has 0 spiro atoms. The lowest BCUT2D eigenvalue weighted by molar-refractivity contribution is 0.0354. The summed E-state index contributed by atoms with van der Waals surface area (Å²) in [6.45, 7) is 5.21. The first kappa shape index (κ1) is 30.2. The molecule has 1 aromatic heterocycles. The predicted octanol–water partition coefficient (Wildman–Crippen LogP) is 6.92. The molecule has 0 atom stereocenters. The van der Waals surface area contributed by atoms with E-state index >= 15 is 0 Å². The summed E-state index contributed by atoms with van der Waals surface area (Å²) in [5.74, 6) is 0.729. The minimum Gasteiger partial charge on any atom is -0.317 e. The van der Waals surface area contributed by atoms with Crippen molar-refractivity contribution in [2.45, 2.75) is 88.8 Å². The third kappa shape index (κ3) is 6.12. The Morgan fingerprint density at radius 3 is 2.05 bits per heavy atom. The first-order chi connectivity index (χ1) is 18.3. The Balaban J connectivity index is 0.00000176. The molecule has 0 unspecified atom stereocenters. The number of aromatic nitrogens is 2. The van der Waals surface area contributed by atoms with Crippen molar-refractivity contribution >= 4 is 35.8 Å². The standard InChI is InChI=1S/C32H44N4O.2ClH/c37-31-35(25-16-26-14-21-33-22-15-26)29-12-6-7-13-30(29)36(31)28-17-23-34(24-18-28)32(19-8-1-2-9-20-32)27-10-4-3-5-11-27;;/h3-7,10-13,26,28,33H,1-2,8-9,14-25H2;2*1H. The monoisotopic (exact) mass is 572 g/mol. The van der Waals surface area contributed by atoms with Gasteiger partial charge in [-0.15, -0.1) is 24.8 Å². The van der Waals surface area contributed by atoms with Gasteiger partial charge in [0.05, 0.1) is 11.0 Å². The van der Waals surface area contributed by atoms with E-state index in [4.69, 9.17) is 0 Å². The van der Waals surface area contributed by atoms with Crippen molar-refractivity contribution < 1.29 is 0 Å². The van der Waals surface area contributed by atoms with Gasteiger partial charge in [0.15, 0.2) is 0 Å². The highest BCUT2D eigenvalue weighted by atomic mass is 35.5. The van der Waals surface area contributed by atoms with Crippen molar-refractivity contribution in [2.24, 2.45) is 5.92 Å². The lowest BCUT2D eigenvalue weighted by Crippen LogP contribution is -2.50. The van der Waals surface area contributed by atoms with Crippen LogP contribution in [0.1, 0.15) is 82.2 Å². The number of likely N-dealkylation sites (tertiary alicyclic amines) is 1. The fourth-order valence-electron chi connectivity index (χ4n) is 7.68. The summed E-state index contributed by atoms with van der Waals surface area (Å²) in [5, 5.41) is 3.47. The van der Waals surface area contributed by atoms with Crippen molar-refractivity contribution in [3.8, 4) is 0 Å². The summed E-state index contributed by atoms with van der Waals surface area (Å²) in [5.41, 5.74) is 4.12. The van der Waals surface area contributed by atoms with E-state index in [1.807, 2.05) is 0 Å². The fraction of sp³-hybridized carbons (Fsp3) is 0.594. The Hall–Kier alpha value is -1.79. The van der Waals surface area contributed by atoms with Crippen molar-refractivity contribution in [1.82, 2.24) is 19.4 Å². The zero-order valence-corrected chi connectivity index (χ0v) is 24.9. The molecule has 5 nitrogen and oxygen atoms in total. The molecule has 3 fully saturated rings. The maximum Gasteiger partial charge on any atom is 0.329 e. The van der Waals surface area contributed by atoms with Gasteiger partial charge >= 0.3 is 5.69 Å². The summed E-state index contributed by atoms with van der Waals surface area (Å²) >= 11 is 0. The average molecular weight is 574 g/mol. The van der Waals surface area contributed by atoms with Gasteiger partial charge in [-0.3, -0.25) is 14.0 Å². The second kappa shape index (κ2) is 13.7. The SMILES string of the molecule is Cl.Cl.O=c1n(CCC2CCNCC2)c2ccccc2n1C1CCN(C2(c3ccccc3)CCCCCC2)CC1. The lowest BCUT2D eigenvalue weighted by Gasteiger charge is -2.47. The number of imidazole rings is 1. The van der Waals surface area contributed by atoms with Crippen LogP contribution in [0.15, 0.2) is 59.4 Å². The Labute approximate surface area is 246 Å². The normalized spacial score (nSPS) is 21.1. The highest BCUT2D eigenvalue weighted by Crippen LogP contribution is 2.43. The molecule has 1 N–H and O–H groups in total. The van der Waals surface area contributed by atoms with E-state index in [-0.39, 0.29) is 42.1 Å². The molecule has 39 heavy (non-hydrogen) atoms. The topological polar surface area (TPSA) is 42.2 Å². The van der Waals surface area contributed by atoms with Gasteiger partial charge in [0.1, 0.15) is 0 Å². The zero-order chi connectivity index (χ0) is 25.1. The van der Waals surface area contributed by atoms with E-state index in [1.165, 1.54) is 56.9 Å². The molecule has 3 aromatic rings. The third-order valence-electron chi connectivity index (χ3n) is 9.77. The number of hydrogen-bond acceptors (Lipinski definition) is 3. The summed E-state index contributed by atoms with van der Waals surface area (Å²) in [6, 6.07) is 20.1. The molecule has 0 radical (unpaired) electrons. The maximum absolute atomic E-state index is 13.9. The van der Waals surface area contributed by atoms with Crippen LogP contribution in [-0.2, 0) is 12.1 Å². The van der Waals surface area contributed by atoms with Gasteiger partial charge in [-0.2, -0.15) is 0 Å². The zero-order valence-electron chi connectivity index (χ0n) is 23.2. The molecule has 1 saturated carbocycles. The molecular formula is C32H46Cl2N4O. The van der Waals surface area contributed by atoms with Crippen molar-refractivity contribution in [3.63, 3.8) is 0 Å². The van der Waals surface area contributed by atoms with Crippen molar-refractivity contribution in [2.75, 3.05) is 26.2 Å². The Kier molecular flexibility index (Phi) is 10.6. The van der Waals surface area contributed by atoms with Crippen LogP contribution in [0, 0.1) is 5.92 Å². The number of para-hydroxylation sites is 2. The van der Waals surface area contributed by atoms with Crippen LogP contribution in [0.4, 0.5) is 0 Å². The van der Waals surface area contributed by atoms with E-state index in [0.717, 1.165) is 68.9 Å². The lowest BCUT2D eigenvalue weighted by atomic mass is 9.79. The van der Waals surface area contributed by atoms with Gasteiger partial charge in [0.2, 0.25) is 0 Å². The minimum absolute atomic E-state index is 0. The first-order valence-corrected chi connectivity index (χ1v) is 15.0. The number of aryl methyl sites for hydroxylation is 1. The Bertz CT molecular complexity index is 1220. The second-order valence-corrected chi connectivity index (χ2v) is 11.8. The highest BCUT2D eigenvalue weighted by molar-refractivity contribution is 5.85. The number of fused-ring (bicyclic) bond motifs is 1. The van der Waals surface area contributed by atoms with Gasteiger partial charge in [0.25, 0.3) is 0 Å². The van der Waals surface area contributed by atoms with Gasteiger partial charge in [-0.05, 0) is 81.6 Å². The molecule has 3 aliphatic rings. The highest BCUT2D eigenvalue weighted by Gasteiger charge is 2.40. The average Bonchev–Trinajstić information content (AvgIpc) is 3.09. The quantitative estimate of drug-likeness (QED) is 0.326. The molecular weight excluding hydrogens is 527 g/mol. The maximum atomic E-state index is 13.9. The minimum atomic E-state index is 0. The molecule has 0 amide bonds. The van der Waals surface area contributed by atoms with Crippen LogP contribution in [0.3, 0.4) is 0 Å². The van der Waals surface area contributed by atoms with Crippen molar-refractivity contribution in [3.05, 3.63) is 70.6 Å². The van der Waals surface area contributed by atoms with Crippen LogP contribution in [-0.4, -0.2) is 40.2 Å². The fourth-order valence-corrected chi connectivity index (χ4v) is 7.68. The van der Waals surface area contributed by atoms with Crippen molar-refractivity contribution in [1.29, 1.82) is 0 Å². The summed E-state index contributed by atoms with van der Waals surface area (Å²) < 4.78 is 4.25. The summed E-state index contributed by atoms with van der Waals surface area (Å²) in [6.07, 6.45) is 13.5. The van der Waals surface area contributed by atoms with Crippen LogP contribution in [0.25, 0.3) is 11.0 Å². The van der Waals surface area contributed by atoms with E-state index < -0.39 is 0 Å². The van der Waals surface area contributed by atoms with Crippen LogP contribution in [0.2, 0.25) is 0 Å². The van der Waals surface area contributed by atoms with E-state index in [9.17, 15) is 4.79 Å². The third-order valence-corrected chi connectivity index (χ3v) is 9.77. The largest absolute Gasteiger partial charge is 0.329 e. The number of halogens is 2. The molecule has 3 heterocycles. The van der Waals surface area contributed by atoms with E-state index in [1.54, 1.807) is 0 Å². The molecule has 1 aliphatic carbocycles. The van der Waals surface area contributed by atoms with E-state index in [0.29, 0.717) is 0 Å². The van der Waals surface area contributed by atoms with Gasteiger partial charge < -0.3 is 5.32 Å². The number of nitrogens with zero attached hydrogens (tertiary/aromatic N) is 3. The number of hydrogen-bond donors (Lipinski definition) is 1. The predicted molar refractivity (Wildman–Crippen MR) is 167 cm³/mol. The second-order valence-electron chi connectivity index (χ2n) is 11.8. The number of rotatable bonds is 6. The van der Waals surface area contributed by atoms with E-state index in [2.05, 4.69) is 73.9 Å². The van der Waals surface area contributed by atoms with Gasteiger partial charge in [0, 0.05) is 31.2 Å². The number of piperidine rings is 2.